The smallest absolute Gasteiger partial charge is 0.264 e. The van der Waals surface area contributed by atoms with Crippen LogP contribution in [0.15, 0.2) is 52.4 Å². The Bertz CT molecular complexity index is 877. The number of phenols is 1. The van der Waals surface area contributed by atoms with Gasteiger partial charge in [-0.25, -0.2) is 4.99 Å². The Morgan fingerprint density at radius 2 is 2.00 bits per heavy atom. The zero-order valence-electron chi connectivity index (χ0n) is 13.6. The molecular weight excluding hydrogens is 340 g/mol. The third kappa shape index (κ3) is 3.95. The van der Waals surface area contributed by atoms with Gasteiger partial charge in [0.25, 0.3) is 5.91 Å². The molecule has 0 aliphatic carbocycles. The average molecular weight is 356 g/mol. The van der Waals surface area contributed by atoms with Crippen LogP contribution < -0.4 is 14.8 Å². The largest absolute Gasteiger partial charge is 0.508 e. The molecular formula is C18H16N2O4S. The van der Waals surface area contributed by atoms with Crippen LogP contribution in [0.1, 0.15) is 5.56 Å². The predicted octanol–water partition coefficient (Wildman–Crippen LogP) is 3.30. The summed E-state index contributed by atoms with van der Waals surface area (Å²) in [6.07, 6.45) is 1.74. The standard InChI is InChI=1S/C18H16N2O4S/c1-23-14-7-6-11(15(10-14)24-2)8-16-17(22)20-18(25-16)19-12-4-3-5-13(21)9-12/h3-10,21H,1-2H3,(H,19,20,22). The summed E-state index contributed by atoms with van der Waals surface area (Å²) in [5, 5.41) is 12.7. The van der Waals surface area contributed by atoms with Crippen molar-refractivity contribution in [3.63, 3.8) is 0 Å². The number of phenolic OH excluding ortho intramolecular Hbond substituents is 1. The minimum atomic E-state index is -0.234. The fourth-order valence-electron chi connectivity index (χ4n) is 2.24. The molecule has 0 aromatic heterocycles. The fraction of sp³-hybridized carbons (Fsp3) is 0.111. The van der Waals surface area contributed by atoms with E-state index in [0.717, 1.165) is 5.56 Å². The van der Waals surface area contributed by atoms with Gasteiger partial charge in [0.15, 0.2) is 5.17 Å². The molecule has 2 N–H and O–H groups in total. The Balaban J connectivity index is 1.87. The molecule has 0 radical (unpaired) electrons. The normalized spacial score (nSPS) is 17.0. The molecule has 1 saturated heterocycles. The van der Waals surface area contributed by atoms with Crippen molar-refractivity contribution < 1.29 is 19.4 Å². The van der Waals surface area contributed by atoms with Crippen molar-refractivity contribution >= 4 is 34.6 Å². The van der Waals surface area contributed by atoms with Crippen LogP contribution in [-0.4, -0.2) is 30.4 Å². The maximum Gasteiger partial charge on any atom is 0.264 e. The molecule has 1 fully saturated rings. The van der Waals surface area contributed by atoms with Crippen molar-refractivity contribution in [1.82, 2.24) is 5.32 Å². The van der Waals surface area contributed by atoms with E-state index in [1.54, 1.807) is 50.6 Å². The molecule has 1 amide bonds. The quantitative estimate of drug-likeness (QED) is 0.822. The van der Waals surface area contributed by atoms with Crippen molar-refractivity contribution in [1.29, 1.82) is 0 Å². The Morgan fingerprint density at radius 3 is 2.72 bits per heavy atom. The summed E-state index contributed by atoms with van der Waals surface area (Å²) < 4.78 is 10.5. The van der Waals surface area contributed by atoms with Gasteiger partial charge in [-0.2, -0.15) is 0 Å². The van der Waals surface area contributed by atoms with Crippen LogP contribution in [0, 0.1) is 0 Å². The van der Waals surface area contributed by atoms with Crippen molar-refractivity contribution in [2.75, 3.05) is 14.2 Å². The number of ether oxygens (including phenoxy) is 2. The highest BCUT2D eigenvalue weighted by atomic mass is 32.2. The minimum absolute atomic E-state index is 0.120. The molecule has 1 heterocycles. The SMILES string of the molecule is COc1ccc(C=C2SC(=Nc3cccc(O)c3)NC2=O)c(OC)c1. The first-order valence-corrected chi connectivity index (χ1v) is 8.21. The first kappa shape index (κ1) is 16.9. The van der Waals surface area contributed by atoms with Crippen molar-refractivity contribution in [3.05, 3.63) is 52.9 Å². The number of aromatic hydroxyl groups is 1. The number of nitrogens with zero attached hydrogens (tertiary/aromatic N) is 1. The Morgan fingerprint density at radius 1 is 1.16 bits per heavy atom. The van der Waals surface area contributed by atoms with E-state index < -0.39 is 0 Å². The number of rotatable bonds is 4. The predicted molar refractivity (Wildman–Crippen MR) is 98.5 cm³/mol. The molecule has 2 aromatic rings. The highest BCUT2D eigenvalue weighted by Gasteiger charge is 2.24. The number of carbonyl (C=O) groups excluding carboxylic acids is 1. The summed E-state index contributed by atoms with van der Waals surface area (Å²) in [5.41, 5.74) is 1.32. The van der Waals surface area contributed by atoms with Gasteiger partial charge in [0.05, 0.1) is 24.8 Å². The molecule has 7 heteroatoms. The summed E-state index contributed by atoms with van der Waals surface area (Å²) in [6.45, 7) is 0. The van der Waals surface area contributed by atoms with Crippen LogP contribution in [0.2, 0.25) is 0 Å². The zero-order valence-corrected chi connectivity index (χ0v) is 14.5. The van der Waals surface area contributed by atoms with E-state index in [-0.39, 0.29) is 11.7 Å². The van der Waals surface area contributed by atoms with Crippen LogP contribution in [0.25, 0.3) is 6.08 Å². The Labute approximate surface area is 149 Å². The second-order valence-corrected chi connectivity index (χ2v) is 6.14. The van der Waals surface area contributed by atoms with Crippen LogP contribution in [0.4, 0.5) is 5.69 Å². The molecule has 0 saturated carbocycles. The number of hydrogen-bond donors (Lipinski definition) is 2. The molecule has 3 rings (SSSR count). The Kier molecular flexibility index (Phi) is 4.95. The van der Waals surface area contributed by atoms with Gasteiger partial charge in [-0.05, 0) is 42.1 Å². The molecule has 1 aliphatic rings. The molecule has 1 aliphatic heterocycles. The van der Waals surface area contributed by atoms with E-state index in [9.17, 15) is 9.90 Å². The number of hydrogen-bond acceptors (Lipinski definition) is 6. The molecule has 25 heavy (non-hydrogen) atoms. The van der Waals surface area contributed by atoms with Crippen LogP contribution in [0.5, 0.6) is 17.2 Å². The van der Waals surface area contributed by atoms with Crippen LogP contribution in [0.3, 0.4) is 0 Å². The van der Waals surface area contributed by atoms with Gasteiger partial charge in [0.1, 0.15) is 17.2 Å². The van der Waals surface area contributed by atoms with E-state index in [1.807, 2.05) is 6.07 Å². The van der Waals surface area contributed by atoms with E-state index in [1.165, 1.54) is 17.8 Å². The second kappa shape index (κ2) is 7.31. The summed E-state index contributed by atoms with van der Waals surface area (Å²) in [4.78, 5) is 17.0. The lowest BCUT2D eigenvalue weighted by atomic mass is 10.1. The highest BCUT2D eigenvalue weighted by Crippen LogP contribution is 2.32. The number of methoxy groups -OCH3 is 2. The lowest BCUT2D eigenvalue weighted by Gasteiger charge is -2.07. The first-order valence-electron chi connectivity index (χ1n) is 7.39. The van der Waals surface area contributed by atoms with Gasteiger partial charge in [0.2, 0.25) is 0 Å². The second-order valence-electron chi connectivity index (χ2n) is 5.11. The molecule has 2 aromatic carbocycles. The summed E-state index contributed by atoms with van der Waals surface area (Å²) in [5.74, 6) is 1.17. The van der Waals surface area contributed by atoms with E-state index >= 15 is 0 Å². The fourth-order valence-corrected chi connectivity index (χ4v) is 3.07. The molecule has 0 spiro atoms. The van der Waals surface area contributed by atoms with Gasteiger partial charge in [-0.15, -0.1) is 0 Å². The van der Waals surface area contributed by atoms with Crippen molar-refractivity contribution in [2.24, 2.45) is 4.99 Å². The number of benzene rings is 2. The number of carbonyl (C=O) groups is 1. The number of amidine groups is 1. The lowest BCUT2D eigenvalue weighted by molar-refractivity contribution is -0.115. The maximum absolute atomic E-state index is 12.2. The van der Waals surface area contributed by atoms with E-state index in [4.69, 9.17) is 9.47 Å². The van der Waals surface area contributed by atoms with Gasteiger partial charge >= 0.3 is 0 Å². The van der Waals surface area contributed by atoms with Crippen molar-refractivity contribution in [3.8, 4) is 17.2 Å². The van der Waals surface area contributed by atoms with Crippen LogP contribution >= 0.6 is 11.8 Å². The lowest BCUT2D eigenvalue weighted by Crippen LogP contribution is -2.19. The summed E-state index contributed by atoms with van der Waals surface area (Å²) in [7, 11) is 3.14. The van der Waals surface area contributed by atoms with Gasteiger partial charge < -0.3 is 19.9 Å². The third-order valence-electron chi connectivity index (χ3n) is 3.44. The van der Waals surface area contributed by atoms with Gasteiger partial charge in [-0.3, -0.25) is 4.79 Å². The first-order chi connectivity index (χ1) is 12.1. The molecule has 0 unspecified atom stereocenters. The van der Waals surface area contributed by atoms with Gasteiger partial charge in [-0.1, -0.05) is 6.07 Å². The summed E-state index contributed by atoms with van der Waals surface area (Å²) in [6, 6.07) is 11.9. The maximum atomic E-state index is 12.2. The van der Waals surface area contributed by atoms with E-state index in [2.05, 4.69) is 10.3 Å². The molecule has 0 bridgehead atoms. The van der Waals surface area contributed by atoms with Crippen molar-refractivity contribution in [2.45, 2.75) is 0 Å². The molecule has 128 valence electrons. The van der Waals surface area contributed by atoms with E-state index in [0.29, 0.717) is 27.3 Å². The zero-order chi connectivity index (χ0) is 17.8. The van der Waals surface area contributed by atoms with Gasteiger partial charge in [0, 0.05) is 17.7 Å². The minimum Gasteiger partial charge on any atom is -0.508 e. The molecule has 6 nitrogen and oxygen atoms in total. The van der Waals surface area contributed by atoms with Crippen LogP contribution in [-0.2, 0) is 4.79 Å². The molecule has 0 atom stereocenters. The average Bonchev–Trinajstić information content (AvgIpc) is 2.94. The third-order valence-corrected chi connectivity index (χ3v) is 4.35. The number of nitrogens with one attached hydrogen (secondary N) is 1. The number of thioether (sulfide) groups is 1. The monoisotopic (exact) mass is 356 g/mol. The highest BCUT2D eigenvalue weighted by molar-refractivity contribution is 8.18. The number of aliphatic imine (C=N–C) groups is 1. The summed E-state index contributed by atoms with van der Waals surface area (Å²) >= 11 is 1.23. The number of amides is 1. The Hall–Kier alpha value is -2.93. The topological polar surface area (TPSA) is 80.2 Å².